The molecule has 0 saturated heterocycles. The third kappa shape index (κ3) is 2.32. The molecule has 0 radical (unpaired) electrons. The summed E-state index contributed by atoms with van der Waals surface area (Å²) in [6, 6.07) is 3.96. The lowest BCUT2D eigenvalue weighted by Gasteiger charge is -2.41. The molecule has 1 fully saturated rings. The molecule has 1 saturated carbocycles. The number of alkyl halides is 3. The van der Waals surface area contributed by atoms with Gasteiger partial charge in [0.1, 0.15) is 0 Å². The molecule has 2 nitrogen and oxygen atoms in total. The number of fused-ring (bicyclic) bond motifs is 1. The van der Waals surface area contributed by atoms with Gasteiger partial charge in [-0.15, -0.1) is 0 Å². The predicted molar refractivity (Wildman–Crippen MR) is 70.2 cm³/mol. The molecule has 1 aromatic rings. The zero-order valence-corrected chi connectivity index (χ0v) is 11.3. The van der Waals surface area contributed by atoms with Gasteiger partial charge in [0.05, 0.1) is 5.92 Å². The van der Waals surface area contributed by atoms with Crippen molar-refractivity contribution in [2.75, 3.05) is 0 Å². The third-order valence-corrected chi connectivity index (χ3v) is 5.03. The quantitative estimate of drug-likeness (QED) is 0.856. The SMILES string of the molecule is NC1(C2CCc3cccnc32)CCC(C(F)(F)F)CC1. The largest absolute Gasteiger partial charge is 0.391 e. The van der Waals surface area contributed by atoms with E-state index in [-0.39, 0.29) is 18.8 Å². The summed E-state index contributed by atoms with van der Waals surface area (Å²) in [5.41, 5.74) is 8.19. The first-order valence-corrected chi connectivity index (χ1v) is 7.19. The Morgan fingerprint density at radius 3 is 2.55 bits per heavy atom. The summed E-state index contributed by atoms with van der Waals surface area (Å²) in [7, 11) is 0. The van der Waals surface area contributed by atoms with E-state index in [4.69, 9.17) is 5.73 Å². The van der Waals surface area contributed by atoms with Crippen molar-refractivity contribution < 1.29 is 13.2 Å². The van der Waals surface area contributed by atoms with Gasteiger partial charge in [0.15, 0.2) is 0 Å². The van der Waals surface area contributed by atoms with Crippen LogP contribution in [0.4, 0.5) is 13.2 Å². The fraction of sp³-hybridized carbons (Fsp3) is 0.667. The molecule has 2 aliphatic rings. The Hall–Kier alpha value is -1.10. The van der Waals surface area contributed by atoms with Gasteiger partial charge in [-0.25, -0.2) is 0 Å². The van der Waals surface area contributed by atoms with Crippen molar-refractivity contribution in [2.24, 2.45) is 11.7 Å². The minimum atomic E-state index is -4.08. The lowest BCUT2D eigenvalue weighted by atomic mass is 9.69. The summed E-state index contributed by atoms with van der Waals surface area (Å²) in [6.07, 6.45) is 0.719. The summed E-state index contributed by atoms with van der Waals surface area (Å²) in [6.45, 7) is 0. The molecule has 1 unspecified atom stereocenters. The monoisotopic (exact) mass is 284 g/mol. The van der Waals surface area contributed by atoms with Crippen LogP contribution in [0.2, 0.25) is 0 Å². The normalized spacial score (nSPS) is 34.0. The summed E-state index contributed by atoms with van der Waals surface area (Å²) < 4.78 is 38.3. The minimum Gasteiger partial charge on any atom is -0.324 e. The van der Waals surface area contributed by atoms with Crippen LogP contribution in [0.15, 0.2) is 18.3 Å². The first-order chi connectivity index (χ1) is 9.40. The topological polar surface area (TPSA) is 38.9 Å². The average Bonchev–Trinajstić information content (AvgIpc) is 2.82. The van der Waals surface area contributed by atoms with Crippen molar-refractivity contribution in [2.45, 2.75) is 56.2 Å². The molecule has 1 heterocycles. The molecule has 0 aromatic carbocycles. The number of aryl methyl sites for hydroxylation is 1. The summed E-state index contributed by atoms with van der Waals surface area (Å²) in [5.74, 6) is -1.06. The van der Waals surface area contributed by atoms with E-state index in [0.717, 1.165) is 18.5 Å². The number of nitrogens with two attached hydrogens (primary N) is 1. The van der Waals surface area contributed by atoms with Crippen molar-refractivity contribution in [3.63, 3.8) is 0 Å². The van der Waals surface area contributed by atoms with Gasteiger partial charge in [0.25, 0.3) is 0 Å². The van der Waals surface area contributed by atoms with E-state index in [1.807, 2.05) is 12.1 Å². The van der Waals surface area contributed by atoms with E-state index >= 15 is 0 Å². The van der Waals surface area contributed by atoms with Crippen molar-refractivity contribution in [3.05, 3.63) is 29.6 Å². The number of rotatable bonds is 1. The molecule has 1 atom stereocenters. The maximum atomic E-state index is 12.8. The van der Waals surface area contributed by atoms with E-state index in [0.29, 0.717) is 12.8 Å². The molecule has 5 heteroatoms. The van der Waals surface area contributed by atoms with Crippen LogP contribution in [0.25, 0.3) is 0 Å². The van der Waals surface area contributed by atoms with Gasteiger partial charge in [-0.05, 0) is 50.2 Å². The molecule has 0 aliphatic heterocycles. The number of hydrogen-bond donors (Lipinski definition) is 1. The van der Waals surface area contributed by atoms with Crippen LogP contribution < -0.4 is 5.73 Å². The Labute approximate surface area is 116 Å². The van der Waals surface area contributed by atoms with Crippen LogP contribution in [0, 0.1) is 5.92 Å². The Balaban J connectivity index is 1.76. The third-order valence-electron chi connectivity index (χ3n) is 5.03. The molecule has 110 valence electrons. The molecule has 1 aromatic heterocycles. The molecular formula is C15H19F3N2. The molecular weight excluding hydrogens is 265 g/mol. The number of nitrogens with zero attached hydrogens (tertiary/aromatic N) is 1. The second-order valence-corrected chi connectivity index (χ2v) is 6.19. The van der Waals surface area contributed by atoms with Crippen molar-refractivity contribution in [1.82, 2.24) is 4.98 Å². The van der Waals surface area contributed by atoms with E-state index in [9.17, 15) is 13.2 Å². The molecule has 0 amide bonds. The number of aromatic nitrogens is 1. The maximum absolute atomic E-state index is 12.8. The van der Waals surface area contributed by atoms with Crippen molar-refractivity contribution in [1.29, 1.82) is 0 Å². The summed E-state index contributed by atoms with van der Waals surface area (Å²) >= 11 is 0. The first kappa shape index (κ1) is 13.9. The molecule has 0 bridgehead atoms. The van der Waals surface area contributed by atoms with Crippen LogP contribution in [-0.4, -0.2) is 16.7 Å². The van der Waals surface area contributed by atoms with Crippen LogP contribution in [0.3, 0.4) is 0 Å². The van der Waals surface area contributed by atoms with Gasteiger partial charge >= 0.3 is 6.18 Å². The van der Waals surface area contributed by atoms with Gasteiger partial charge in [0, 0.05) is 23.3 Å². The lowest BCUT2D eigenvalue weighted by Crippen LogP contribution is -2.49. The zero-order valence-electron chi connectivity index (χ0n) is 11.3. The standard InChI is InChI=1S/C15H19F3N2/c16-15(17,18)11-5-7-14(19,8-6-11)12-4-3-10-2-1-9-20-13(10)12/h1-2,9,11-12H,3-8,19H2. The fourth-order valence-electron chi connectivity index (χ4n) is 3.80. The van der Waals surface area contributed by atoms with Gasteiger partial charge < -0.3 is 5.73 Å². The molecule has 2 N–H and O–H groups in total. The Morgan fingerprint density at radius 2 is 1.90 bits per heavy atom. The maximum Gasteiger partial charge on any atom is 0.391 e. The molecule has 0 spiro atoms. The second-order valence-electron chi connectivity index (χ2n) is 6.19. The van der Waals surface area contributed by atoms with Crippen LogP contribution in [-0.2, 0) is 6.42 Å². The van der Waals surface area contributed by atoms with E-state index in [1.165, 1.54) is 5.56 Å². The van der Waals surface area contributed by atoms with Gasteiger partial charge in [0.2, 0.25) is 0 Å². The van der Waals surface area contributed by atoms with Crippen molar-refractivity contribution >= 4 is 0 Å². The van der Waals surface area contributed by atoms with Crippen LogP contribution in [0.1, 0.15) is 49.3 Å². The summed E-state index contributed by atoms with van der Waals surface area (Å²) in [5, 5.41) is 0. The van der Waals surface area contributed by atoms with Crippen molar-refractivity contribution in [3.8, 4) is 0 Å². The number of pyridine rings is 1. The van der Waals surface area contributed by atoms with Gasteiger partial charge in [-0.3, -0.25) is 4.98 Å². The highest BCUT2D eigenvalue weighted by atomic mass is 19.4. The summed E-state index contributed by atoms with van der Waals surface area (Å²) in [4.78, 5) is 4.43. The van der Waals surface area contributed by atoms with Crippen LogP contribution >= 0.6 is 0 Å². The Morgan fingerprint density at radius 1 is 1.20 bits per heavy atom. The van der Waals surface area contributed by atoms with Gasteiger partial charge in [-0.2, -0.15) is 13.2 Å². The Kier molecular flexibility index (Phi) is 3.27. The molecule has 2 aliphatic carbocycles. The fourth-order valence-corrected chi connectivity index (χ4v) is 3.80. The second kappa shape index (κ2) is 4.72. The molecule has 20 heavy (non-hydrogen) atoms. The molecule has 3 rings (SSSR count). The average molecular weight is 284 g/mol. The van der Waals surface area contributed by atoms with Gasteiger partial charge in [-0.1, -0.05) is 6.07 Å². The van der Waals surface area contributed by atoms with E-state index in [2.05, 4.69) is 4.98 Å². The zero-order chi connectivity index (χ0) is 14.4. The number of halogens is 3. The van der Waals surface area contributed by atoms with E-state index in [1.54, 1.807) is 6.20 Å². The number of hydrogen-bond acceptors (Lipinski definition) is 2. The van der Waals surface area contributed by atoms with E-state index < -0.39 is 17.6 Å². The minimum absolute atomic E-state index is 0.118. The predicted octanol–water partition coefficient (Wildman–Crippen LogP) is 3.56. The Bertz CT molecular complexity index is 490. The lowest BCUT2D eigenvalue weighted by molar-refractivity contribution is -0.185. The smallest absolute Gasteiger partial charge is 0.324 e. The highest BCUT2D eigenvalue weighted by Gasteiger charge is 2.48. The first-order valence-electron chi connectivity index (χ1n) is 7.19. The highest BCUT2D eigenvalue weighted by molar-refractivity contribution is 5.32. The highest BCUT2D eigenvalue weighted by Crippen LogP contribution is 2.48. The van der Waals surface area contributed by atoms with Crippen LogP contribution in [0.5, 0.6) is 0 Å².